The van der Waals surface area contributed by atoms with E-state index in [0.29, 0.717) is 6.54 Å². The fourth-order valence-corrected chi connectivity index (χ4v) is 2.07. The number of hydrogen-bond donors (Lipinski definition) is 2. The van der Waals surface area contributed by atoms with E-state index in [9.17, 15) is 0 Å². The molecule has 2 rings (SSSR count). The first kappa shape index (κ1) is 10.6. The molecule has 1 saturated heterocycles. The van der Waals surface area contributed by atoms with Crippen LogP contribution < -0.4 is 5.73 Å². The van der Waals surface area contributed by atoms with E-state index in [0.717, 1.165) is 36.7 Å². The molecule has 0 spiro atoms. The molecule has 1 aromatic rings. The maximum absolute atomic E-state index is 5.83. The second-order valence-corrected chi connectivity index (χ2v) is 4.40. The van der Waals surface area contributed by atoms with Crippen molar-refractivity contribution in [1.82, 2.24) is 9.97 Å². The molecule has 1 aromatic heterocycles. The average molecular weight is 209 g/mol. The SMILES string of the molecule is Cc1[nH]c(C2(C)CCCCO2)nc1CN. The van der Waals surface area contributed by atoms with Crippen molar-refractivity contribution >= 4 is 0 Å². The molecule has 2 heterocycles. The molecular formula is C11H19N3O. The van der Waals surface area contributed by atoms with Crippen LogP contribution in [0.2, 0.25) is 0 Å². The quantitative estimate of drug-likeness (QED) is 0.777. The molecule has 0 amide bonds. The number of ether oxygens (including phenoxy) is 1. The van der Waals surface area contributed by atoms with Crippen LogP contribution in [0.25, 0.3) is 0 Å². The van der Waals surface area contributed by atoms with Gasteiger partial charge in [0.2, 0.25) is 0 Å². The van der Waals surface area contributed by atoms with Gasteiger partial charge in [-0.05, 0) is 33.1 Å². The van der Waals surface area contributed by atoms with Gasteiger partial charge in [0.1, 0.15) is 11.4 Å². The highest BCUT2D eigenvalue weighted by molar-refractivity contribution is 5.16. The summed E-state index contributed by atoms with van der Waals surface area (Å²) in [5.41, 5.74) is 7.38. The van der Waals surface area contributed by atoms with Gasteiger partial charge in [0, 0.05) is 18.8 Å². The number of nitrogens with zero attached hydrogens (tertiary/aromatic N) is 1. The molecule has 1 fully saturated rings. The largest absolute Gasteiger partial charge is 0.367 e. The third kappa shape index (κ3) is 1.92. The number of aromatic nitrogens is 2. The van der Waals surface area contributed by atoms with Crippen LogP contribution >= 0.6 is 0 Å². The molecule has 84 valence electrons. The van der Waals surface area contributed by atoms with Gasteiger partial charge in [-0.2, -0.15) is 0 Å². The number of aryl methyl sites for hydroxylation is 1. The van der Waals surface area contributed by atoms with Crippen molar-refractivity contribution in [2.75, 3.05) is 6.61 Å². The van der Waals surface area contributed by atoms with Gasteiger partial charge >= 0.3 is 0 Å². The fourth-order valence-electron chi connectivity index (χ4n) is 2.07. The van der Waals surface area contributed by atoms with Crippen molar-refractivity contribution in [2.24, 2.45) is 5.73 Å². The number of imidazole rings is 1. The number of nitrogens with two attached hydrogens (primary N) is 1. The Labute approximate surface area is 90.2 Å². The van der Waals surface area contributed by atoms with E-state index in [1.807, 2.05) is 6.92 Å². The van der Waals surface area contributed by atoms with Crippen LogP contribution in [-0.4, -0.2) is 16.6 Å². The third-order valence-electron chi connectivity index (χ3n) is 3.15. The Balaban J connectivity index is 2.27. The lowest BCUT2D eigenvalue weighted by Crippen LogP contribution is -2.31. The van der Waals surface area contributed by atoms with Crippen LogP contribution in [-0.2, 0) is 16.9 Å². The molecule has 0 radical (unpaired) electrons. The van der Waals surface area contributed by atoms with Gasteiger partial charge in [-0.1, -0.05) is 0 Å². The molecule has 1 unspecified atom stereocenters. The summed E-state index contributed by atoms with van der Waals surface area (Å²) in [7, 11) is 0. The maximum Gasteiger partial charge on any atom is 0.138 e. The Morgan fingerprint density at radius 2 is 2.33 bits per heavy atom. The number of nitrogens with one attached hydrogen (secondary N) is 1. The van der Waals surface area contributed by atoms with Gasteiger partial charge in [-0.15, -0.1) is 0 Å². The zero-order valence-corrected chi connectivity index (χ0v) is 9.47. The van der Waals surface area contributed by atoms with E-state index in [1.54, 1.807) is 0 Å². The molecule has 4 heteroatoms. The summed E-state index contributed by atoms with van der Waals surface area (Å²) < 4.78 is 5.83. The van der Waals surface area contributed by atoms with E-state index in [-0.39, 0.29) is 5.60 Å². The number of hydrogen-bond acceptors (Lipinski definition) is 3. The maximum atomic E-state index is 5.83. The van der Waals surface area contributed by atoms with Gasteiger partial charge in [0.25, 0.3) is 0 Å². The molecule has 1 aliphatic rings. The zero-order valence-electron chi connectivity index (χ0n) is 9.47. The van der Waals surface area contributed by atoms with Crippen molar-refractivity contribution < 1.29 is 4.74 Å². The normalized spacial score (nSPS) is 26.9. The standard InChI is InChI=1S/C11H19N3O/c1-8-9(7-12)14-10(13-8)11(2)5-3-4-6-15-11/h3-7,12H2,1-2H3,(H,13,14). The number of rotatable bonds is 2. The molecule has 0 aliphatic carbocycles. The minimum absolute atomic E-state index is 0.240. The van der Waals surface area contributed by atoms with E-state index in [2.05, 4.69) is 16.9 Å². The molecule has 4 nitrogen and oxygen atoms in total. The Kier molecular flexibility index (Phi) is 2.80. The smallest absolute Gasteiger partial charge is 0.138 e. The minimum atomic E-state index is -0.240. The van der Waals surface area contributed by atoms with E-state index in [4.69, 9.17) is 10.5 Å². The lowest BCUT2D eigenvalue weighted by molar-refractivity contribution is -0.0756. The van der Waals surface area contributed by atoms with Crippen molar-refractivity contribution in [3.8, 4) is 0 Å². The van der Waals surface area contributed by atoms with Crippen LogP contribution in [0.4, 0.5) is 0 Å². The summed E-state index contributed by atoms with van der Waals surface area (Å²) in [4.78, 5) is 7.81. The highest BCUT2D eigenvalue weighted by atomic mass is 16.5. The summed E-state index contributed by atoms with van der Waals surface area (Å²) in [5, 5.41) is 0. The monoisotopic (exact) mass is 209 g/mol. The van der Waals surface area contributed by atoms with Crippen LogP contribution in [0.5, 0.6) is 0 Å². The van der Waals surface area contributed by atoms with Gasteiger partial charge in [0.05, 0.1) is 5.69 Å². The highest BCUT2D eigenvalue weighted by Gasteiger charge is 2.33. The molecule has 0 bridgehead atoms. The second kappa shape index (κ2) is 3.94. The van der Waals surface area contributed by atoms with Gasteiger partial charge < -0.3 is 15.5 Å². The van der Waals surface area contributed by atoms with Gasteiger partial charge in [-0.3, -0.25) is 0 Å². The summed E-state index contributed by atoms with van der Waals surface area (Å²) >= 11 is 0. The first-order chi connectivity index (χ1) is 7.15. The fraction of sp³-hybridized carbons (Fsp3) is 0.727. The second-order valence-electron chi connectivity index (χ2n) is 4.40. The summed E-state index contributed by atoms with van der Waals surface area (Å²) in [6, 6.07) is 0. The number of aromatic amines is 1. The van der Waals surface area contributed by atoms with Crippen molar-refractivity contribution in [1.29, 1.82) is 0 Å². The van der Waals surface area contributed by atoms with Crippen molar-refractivity contribution in [2.45, 2.75) is 45.3 Å². The van der Waals surface area contributed by atoms with Crippen LogP contribution in [0.3, 0.4) is 0 Å². The van der Waals surface area contributed by atoms with E-state index in [1.165, 1.54) is 6.42 Å². The minimum Gasteiger partial charge on any atom is -0.367 e. The summed E-state index contributed by atoms with van der Waals surface area (Å²) in [5.74, 6) is 0.931. The zero-order chi connectivity index (χ0) is 10.9. The topological polar surface area (TPSA) is 63.9 Å². The Bertz CT molecular complexity index is 340. The van der Waals surface area contributed by atoms with Crippen LogP contribution in [0.1, 0.15) is 43.4 Å². The van der Waals surface area contributed by atoms with E-state index < -0.39 is 0 Å². The van der Waals surface area contributed by atoms with Crippen LogP contribution in [0, 0.1) is 6.92 Å². The number of H-pyrrole nitrogens is 1. The molecule has 15 heavy (non-hydrogen) atoms. The lowest BCUT2D eigenvalue weighted by atomic mass is 9.95. The Hall–Kier alpha value is -0.870. The molecule has 1 aliphatic heterocycles. The predicted molar refractivity (Wildman–Crippen MR) is 58.4 cm³/mol. The highest BCUT2D eigenvalue weighted by Crippen LogP contribution is 2.33. The van der Waals surface area contributed by atoms with Crippen molar-refractivity contribution in [3.05, 3.63) is 17.2 Å². The molecule has 3 N–H and O–H groups in total. The Morgan fingerprint density at radius 1 is 1.53 bits per heavy atom. The third-order valence-corrected chi connectivity index (χ3v) is 3.15. The van der Waals surface area contributed by atoms with Crippen LogP contribution in [0.15, 0.2) is 0 Å². The molecular weight excluding hydrogens is 190 g/mol. The molecule has 0 saturated carbocycles. The Morgan fingerprint density at radius 3 is 2.87 bits per heavy atom. The summed E-state index contributed by atoms with van der Waals surface area (Å²) in [6.07, 6.45) is 3.39. The first-order valence-electron chi connectivity index (χ1n) is 5.56. The van der Waals surface area contributed by atoms with E-state index >= 15 is 0 Å². The average Bonchev–Trinajstić information content (AvgIpc) is 2.61. The van der Waals surface area contributed by atoms with Gasteiger partial charge in [0.15, 0.2) is 0 Å². The molecule has 1 atom stereocenters. The first-order valence-corrected chi connectivity index (χ1v) is 5.56. The molecule has 0 aromatic carbocycles. The lowest BCUT2D eigenvalue weighted by Gasteiger charge is -2.31. The van der Waals surface area contributed by atoms with Crippen molar-refractivity contribution in [3.63, 3.8) is 0 Å². The predicted octanol–water partition coefficient (Wildman–Crippen LogP) is 1.59. The summed E-state index contributed by atoms with van der Waals surface area (Å²) in [6.45, 7) is 5.42. The van der Waals surface area contributed by atoms with Gasteiger partial charge in [-0.25, -0.2) is 4.98 Å².